The number of amides is 1. The molecule has 4 heterocycles. The molecule has 0 bridgehead atoms. The summed E-state index contributed by atoms with van der Waals surface area (Å²) < 4.78 is 11.4. The van der Waals surface area contributed by atoms with Gasteiger partial charge in [0.05, 0.1) is 36.8 Å². The Bertz CT molecular complexity index is 1530. The summed E-state index contributed by atoms with van der Waals surface area (Å²) in [4.78, 5) is 22.7. The first-order valence-electron chi connectivity index (χ1n) is 14.4. The number of anilines is 1. The highest BCUT2D eigenvalue weighted by Crippen LogP contribution is 2.39. The number of rotatable bonds is 7. The van der Waals surface area contributed by atoms with Crippen LogP contribution in [0.3, 0.4) is 0 Å². The molecule has 204 valence electrons. The van der Waals surface area contributed by atoms with Gasteiger partial charge in [-0.15, -0.1) is 0 Å². The molecule has 3 aliphatic rings. The zero-order valence-corrected chi connectivity index (χ0v) is 23.1. The Kier molecular flexibility index (Phi) is 6.53. The molecule has 0 aliphatic carbocycles. The number of aromatic nitrogens is 1. The highest BCUT2D eigenvalue weighted by Gasteiger charge is 2.38. The summed E-state index contributed by atoms with van der Waals surface area (Å²) >= 11 is 0. The van der Waals surface area contributed by atoms with E-state index in [2.05, 4.69) is 35.2 Å². The number of piperidine rings is 1. The quantitative estimate of drug-likeness (QED) is 0.286. The van der Waals surface area contributed by atoms with Gasteiger partial charge in [-0.2, -0.15) is 0 Å². The fraction of sp³-hybridized carbons (Fsp3) is 0.353. The lowest BCUT2D eigenvalue weighted by Gasteiger charge is -2.38. The molecule has 0 atom stereocenters. The Morgan fingerprint density at radius 2 is 1.62 bits per heavy atom. The predicted octanol–water partition coefficient (Wildman–Crippen LogP) is 6.14. The molecule has 2 saturated heterocycles. The second-order valence-corrected chi connectivity index (χ2v) is 11.5. The van der Waals surface area contributed by atoms with Gasteiger partial charge < -0.3 is 14.4 Å². The van der Waals surface area contributed by atoms with Gasteiger partial charge in [0, 0.05) is 49.0 Å². The van der Waals surface area contributed by atoms with E-state index in [9.17, 15) is 4.79 Å². The number of benzene rings is 3. The van der Waals surface area contributed by atoms with Gasteiger partial charge in [0.2, 0.25) is 0 Å². The third kappa shape index (κ3) is 4.65. The molecule has 1 aromatic heterocycles. The van der Waals surface area contributed by atoms with Crippen molar-refractivity contribution in [3.05, 3.63) is 101 Å². The first-order valence-corrected chi connectivity index (χ1v) is 14.4. The number of pyridine rings is 1. The van der Waals surface area contributed by atoms with Crippen molar-refractivity contribution in [2.24, 2.45) is 0 Å². The molecule has 7 rings (SSSR count). The van der Waals surface area contributed by atoms with Crippen LogP contribution in [0, 0.1) is 0 Å². The molecular weight excluding hydrogens is 498 g/mol. The number of methoxy groups -OCH3 is 1. The number of hydrogen-bond donors (Lipinski definition) is 0. The predicted molar refractivity (Wildman–Crippen MR) is 157 cm³/mol. The Balaban J connectivity index is 1.06. The van der Waals surface area contributed by atoms with Crippen LogP contribution >= 0.6 is 0 Å². The largest absolute Gasteiger partial charge is 0.497 e. The third-order valence-electron chi connectivity index (χ3n) is 8.99. The summed E-state index contributed by atoms with van der Waals surface area (Å²) in [5, 5.41) is 2.07. The smallest absolute Gasteiger partial charge is 0.259 e. The summed E-state index contributed by atoms with van der Waals surface area (Å²) in [5.74, 6) is 0.836. The molecule has 1 spiro atoms. The topological polar surface area (TPSA) is 54.9 Å². The van der Waals surface area contributed by atoms with Crippen LogP contribution in [-0.2, 0) is 24.2 Å². The van der Waals surface area contributed by atoms with Gasteiger partial charge in [-0.1, -0.05) is 48.5 Å². The second-order valence-electron chi connectivity index (χ2n) is 11.5. The van der Waals surface area contributed by atoms with E-state index in [0.29, 0.717) is 6.54 Å². The number of carbonyl (C=O) groups excluding carboxylic acids is 1. The molecule has 3 aliphatic heterocycles. The molecule has 1 amide bonds. The Labute approximate surface area is 235 Å². The average Bonchev–Trinajstić information content (AvgIpc) is 3.56. The van der Waals surface area contributed by atoms with Crippen LogP contribution in [0.2, 0.25) is 0 Å². The standard InChI is InChI=1S/C34H35N3O3/c1-39-27-12-10-26(11-13-27)23-37-31-21-35-30(28-4-2-5-29(32(28)31)33(37)38)20-24-6-8-25(9-7-24)22-36-17-15-34(16-18-36)14-3-19-40-34/h2,4-13,21H,3,14-20,22-23H2,1H3. The number of ether oxygens (including phenoxy) is 2. The Hall–Kier alpha value is -3.74. The molecule has 0 radical (unpaired) electrons. The van der Waals surface area contributed by atoms with Crippen LogP contribution in [0.1, 0.15) is 58.4 Å². The van der Waals surface area contributed by atoms with Gasteiger partial charge >= 0.3 is 0 Å². The minimum absolute atomic E-state index is 0.0304. The van der Waals surface area contributed by atoms with E-state index in [0.717, 1.165) is 84.5 Å². The van der Waals surface area contributed by atoms with Crippen LogP contribution in [0.15, 0.2) is 72.9 Å². The highest BCUT2D eigenvalue weighted by molar-refractivity contribution is 6.25. The summed E-state index contributed by atoms with van der Waals surface area (Å²) in [6.07, 6.45) is 7.37. The first-order chi connectivity index (χ1) is 19.6. The van der Waals surface area contributed by atoms with Gasteiger partial charge in [0.1, 0.15) is 5.75 Å². The Morgan fingerprint density at radius 3 is 2.35 bits per heavy atom. The number of hydrogen-bond acceptors (Lipinski definition) is 5. The van der Waals surface area contributed by atoms with Gasteiger partial charge in [-0.05, 0) is 60.6 Å². The highest BCUT2D eigenvalue weighted by atomic mass is 16.5. The summed E-state index contributed by atoms with van der Waals surface area (Å²) in [6, 6.07) is 22.8. The van der Waals surface area contributed by atoms with Crippen LogP contribution < -0.4 is 9.64 Å². The van der Waals surface area contributed by atoms with Crippen molar-refractivity contribution in [1.82, 2.24) is 9.88 Å². The zero-order chi connectivity index (χ0) is 27.1. The average molecular weight is 534 g/mol. The molecule has 2 fully saturated rings. The molecule has 6 heteroatoms. The van der Waals surface area contributed by atoms with Crippen molar-refractivity contribution in [2.75, 3.05) is 31.7 Å². The molecule has 6 nitrogen and oxygen atoms in total. The number of carbonyl (C=O) groups is 1. The molecule has 0 saturated carbocycles. The van der Waals surface area contributed by atoms with Crippen molar-refractivity contribution in [3.63, 3.8) is 0 Å². The maximum absolute atomic E-state index is 13.4. The van der Waals surface area contributed by atoms with E-state index >= 15 is 0 Å². The van der Waals surface area contributed by atoms with Crippen molar-refractivity contribution in [3.8, 4) is 5.75 Å². The van der Waals surface area contributed by atoms with Crippen LogP contribution in [0.4, 0.5) is 5.69 Å². The minimum Gasteiger partial charge on any atom is -0.497 e. The fourth-order valence-electron chi connectivity index (χ4n) is 6.67. The van der Waals surface area contributed by atoms with E-state index in [1.54, 1.807) is 7.11 Å². The summed E-state index contributed by atoms with van der Waals surface area (Å²) in [6.45, 7) is 4.65. The molecule has 3 aromatic carbocycles. The van der Waals surface area contributed by atoms with Crippen LogP contribution in [0.5, 0.6) is 5.75 Å². The number of nitrogens with zero attached hydrogens (tertiary/aromatic N) is 3. The van der Waals surface area contributed by atoms with Crippen molar-refractivity contribution in [1.29, 1.82) is 0 Å². The first kappa shape index (κ1) is 25.2. The van der Waals surface area contributed by atoms with E-state index in [4.69, 9.17) is 14.5 Å². The third-order valence-corrected chi connectivity index (χ3v) is 8.99. The fourth-order valence-corrected chi connectivity index (χ4v) is 6.67. The van der Waals surface area contributed by atoms with Crippen molar-refractivity contribution in [2.45, 2.75) is 50.8 Å². The lowest BCUT2D eigenvalue weighted by atomic mass is 9.88. The summed E-state index contributed by atoms with van der Waals surface area (Å²) in [7, 11) is 1.66. The van der Waals surface area contributed by atoms with Gasteiger partial charge in [0.25, 0.3) is 5.91 Å². The molecule has 0 N–H and O–H groups in total. The second kappa shape index (κ2) is 10.3. The van der Waals surface area contributed by atoms with Crippen molar-refractivity contribution >= 4 is 22.4 Å². The maximum Gasteiger partial charge on any atom is 0.259 e. The lowest BCUT2D eigenvalue weighted by molar-refractivity contribution is -0.0447. The SMILES string of the molecule is COc1ccc(CN2C(=O)c3cccc4c(Cc5ccc(CN6CCC7(CCCO7)CC6)cc5)ncc2c34)cc1. The molecule has 40 heavy (non-hydrogen) atoms. The molecule has 0 unspecified atom stereocenters. The van der Waals surface area contributed by atoms with E-state index in [1.165, 1.54) is 24.0 Å². The van der Waals surface area contributed by atoms with Crippen molar-refractivity contribution < 1.29 is 14.3 Å². The monoisotopic (exact) mass is 533 g/mol. The van der Waals surface area contributed by atoms with Gasteiger partial charge in [0.15, 0.2) is 0 Å². The normalized spacial score (nSPS) is 18.2. The van der Waals surface area contributed by atoms with E-state index in [-0.39, 0.29) is 11.5 Å². The molecular formula is C34H35N3O3. The molecule has 4 aromatic rings. The summed E-state index contributed by atoms with van der Waals surface area (Å²) in [5.41, 5.74) is 6.45. The Morgan fingerprint density at radius 1 is 0.900 bits per heavy atom. The van der Waals surface area contributed by atoms with Crippen LogP contribution in [0.25, 0.3) is 10.8 Å². The van der Waals surface area contributed by atoms with Gasteiger partial charge in [-0.25, -0.2) is 0 Å². The maximum atomic E-state index is 13.4. The van der Waals surface area contributed by atoms with Crippen LogP contribution in [-0.4, -0.2) is 48.2 Å². The number of likely N-dealkylation sites (tertiary alicyclic amines) is 1. The minimum atomic E-state index is 0.0304. The van der Waals surface area contributed by atoms with E-state index < -0.39 is 0 Å². The zero-order valence-electron chi connectivity index (χ0n) is 23.1. The lowest BCUT2D eigenvalue weighted by Crippen LogP contribution is -2.43. The van der Waals surface area contributed by atoms with Gasteiger partial charge in [-0.3, -0.25) is 14.7 Å². The van der Waals surface area contributed by atoms with E-state index in [1.807, 2.05) is 47.5 Å².